The molecule has 0 unspecified atom stereocenters. The molecule has 1 aromatic heterocycles. The molecule has 1 aromatic rings. The number of hydrogen-bond acceptors (Lipinski definition) is 7. The molecule has 1 heterocycles. The number of carbonyl (C=O) groups is 3. The third-order valence-corrected chi connectivity index (χ3v) is 5.53. The van der Waals surface area contributed by atoms with Gasteiger partial charge >= 0.3 is 0 Å². The minimum Gasteiger partial charge on any atom is -0.358 e. The van der Waals surface area contributed by atoms with Gasteiger partial charge in [0, 0.05) is 26.6 Å². The van der Waals surface area contributed by atoms with E-state index in [2.05, 4.69) is 15.5 Å². The molecular weight excluding hydrogens is 350 g/mol. The fraction of sp³-hybridized carbons (Fsp3) is 0.643. The molecule has 1 aliphatic carbocycles. The van der Waals surface area contributed by atoms with E-state index in [0.717, 1.165) is 12.8 Å². The van der Waals surface area contributed by atoms with Crippen LogP contribution in [0.2, 0.25) is 0 Å². The molecule has 0 aliphatic heterocycles. The number of nitrogens with zero attached hydrogens (tertiary/aromatic N) is 4. The van der Waals surface area contributed by atoms with E-state index < -0.39 is 0 Å². The predicted octanol–water partition coefficient (Wildman–Crippen LogP) is 0.740. The van der Waals surface area contributed by atoms with Crippen molar-refractivity contribution in [2.75, 3.05) is 31.3 Å². The Bertz CT molecular complexity index is 617. The number of amides is 3. The van der Waals surface area contributed by atoms with E-state index in [0.29, 0.717) is 15.9 Å². The summed E-state index contributed by atoms with van der Waals surface area (Å²) in [5.41, 5.74) is 0. The van der Waals surface area contributed by atoms with Crippen LogP contribution in [0.5, 0.6) is 0 Å². The Kier molecular flexibility index (Phi) is 6.55. The highest BCUT2D eigenvalue weighted by atomic mass is 32.2. The Balaban J connectivity index is 1.90. The van der Waals surface area contributed by atoms with Gasteiger partial charge in [-0.15, -0.1) is 10.2 Å². The lowest BCUT2D eigenvalue weighted by molar-refractivity contribution is -0.132. The molecule has 132 valence electrons. The number of thioether (sulfide) groups is 1. The van der Waals surface area contributed by atoms with Gasteiger partial charge in [0.15, 0.2) is 4.34 Å². The van der Waals surface area contributed by atoms with E-state index in [1.54, 1.807) is 11.9 Å². The van der Waals surface area contributed by atoms with Crippen LogP contribution in [0.15, 0.2) is 4.34 Å². The number of anilines is 1. The quantitative estimate of drug-likeness (QED) is 0.535. The first-order valence-electron chi connectivity index (χ1n) is 7.69. The van der Waals surface area contributed by atoms with Crippen LogP contribution in [0.1, 0.15) is 26.2 Å². The van der Waals surface area contributed by atoms with E-state index in [1.165, 1.54) is 35.0 Å². The fourth-order valence-corrected chi connectivity index (χ4v) is 3.81. The third-order valence-electron chi connectivity index (χ3n) is 3.49. The lowest BCUT2D eigenvalue weighted by atomic mass is 10.4. The normalized spacial score (nSPS) is 13.5. The molecule has 3 amide bonds. The number of aromatic nitrogens is 2. The van der Waals surface area contributed by atoms with Crippen molar-refractivity contribution in [1.29, 1.82) is 0 Å². The van der Waals surface area contributed by atoms with Gasteiger partial charge in [0.05, 0.1) is 12.3 Å². The Hall–Kier alpha value is -1.68. The molecule has 1 N–H and O–H groups in total. The highest BCUT2D eigenvalue weighted by Gasteiger charge is 2.35. The van der Waals surface area contributed by atoms with Crippen molar-refractivity contribution in [3.8, 4) is 0 Å². The van der Waals surface area contributed by atoms with Crippen molar-refractivity contribution in [2.24, 2.45) is 0 Å². The second-order valence-corrected chi connectivity index (χ2v) is 7.59. The Morgan fingerprint density at radius 3 is 2.58 bits per heavy atom. The zero-order valence-electron chi connectivity index (χ0n) is 13.9. The van der Waals surface area contributed by atoms with Gasteiger partial charge in [-0.2, -0.15) is 0 Å². The molecule has 0 saturated heterocycles. The van der Waals surface area contributed by atoms with Gasteiger partial charge in [0.25, 0.3) is 0 Å². The van der Waals surface area contributed by atoms with Crippen molar-refractivity contribution in [1.82, 2.24) is 20.4 Å². The minimum absolute atomic E-state index is 0.0255. The largest absolute Gasteiger partial charge is 0.358 e. The van der Waals surface area contributed by atoms with E-state index in [9.17, 15) is 14.4 Å². The lowest BCUT2D eigenvalue weighted by Gasteiger charge is -2.17. The van der Waals surface area contributed by atoms with Crippen molar-refractivity contribution < 1.29 is 14.4 Å². The molecule has 24 heavy (non-hydrogen) atoms. The molecule has 0 radical (unpaired) electrons. The van der Waals surface area contributed by atoms with Gasteiger partial charge in [0.1, 0.15) is 0 Å². The number of nitrogens with one attached hydrogen (secondary N) is 1. The van der Waals surface area contributed by atoms with E-state index in [1.807, 2.05) is 6.92 Å². The van der Waals surface area contributed by atoms with Crippen molar-refractivity contribution >= 4 is 46.0 Å². The average Bonchev–Trinajstić information content (AvgIpc) is 3.30. The summed E-state index contributed by atoms with van der Waals surface area (Å²) in [7, 11) is 3.11. The fourth-order valence-electron chi connectivity index (χ4n) is 1.94. The first-order valence-corrected chi connectivity index (χ1v) is 9.49. The van der Waals surface area contributed by atoms with Crippen LogP contribution in [-0.4, -0.2) is 65.3 Å². The molecule has 1 fully saturated rings. The third kappa shape index (κ3) is 4.91. The molecule has 0 bridgehead atoms. The second kappa shape index (κ2) is 8.43. The molecule has 2 rings (SSSR count). The molecule has 0 spiro atoms. The number of carbonyl (C=O) groups excluding carboxylic acids is 3. The van der Waals surface area contributed by atoms with E-state index in [-0.39, 0.29) is 36.1 Å². The number of likely N-dealkylation sites (N-methyl/N-ethyl adjacent to an activating group) is 2. The summed E-state index contributed by atoms with van der Waals surface area (Å²) in [4.78, 5) is 38.4. The molecule has 0 atom stereocenters. The highest BCUT2D eigenvalue weighted by Crippen LogP contribution is 2.36. The minimum atomic E-state index is -0.216. The van der Waals surface area contributed by atoms with Gasteiger partial charge in [-0.1, -0.05) is 30.0 Å². The summed E-state index contributed by atoms with van der Waals surface area (Å²) < 4.78 is 0.640. The van der Waals surface area contributed by atoms with Gasteiger partial charge in [0.2, 0.25) is 22.9 Å². The SMILES string of the molecule is CCC(=O)N(c1nnc(SCC(=O)N(C)CC(=O)NC)s1)C1CC1. The Morgan fingerprint density at radius 2 is 2.00 bits per heavy atom. The molecule has 1 aliphatic rings. The van der Waals surface area contributed by atoms with Crippen LogP contribution in [0.3, 0.4) is 0 Å². The molecule has 8 nitrogen and oxygen atoms in total. The summed E-state index contributed by atoms with van der Waals surface area (Å²) in [5, 5.41) is 11.2. The van der Waals surface area contributed by atoms with Gasteiger partial charge in [-0.05, 0) is 12.8 Å². The number of rotatable bonds is 8. The van der Waals surface area contributed by atoms with Crippen molar-refractivity contribution in [3.63, 3.8) is 0 Å². The van der Waals surface area contributed by atoms with E-state index in [4.69, 9.17) is 0 Å². The number of hydrogen-bond donors (Lipinski definition) is 1. The van der Waals surface area contributed by atoms with Crippen molar-refractivity contribution in [2.45, 2.75) is 36.6 Å². The van der Waals surface area contributed by atoms with E-state index >= 15 is 0 Å². The van der Waals surface area contributed by atoms with Crippen LogP contribution in [0, 0.1) is 0 Å². The second-order valence-electron chi connectivity index (χ2n) is 5.41. The summed E-state index contributed by atoms with van der Waals surface area (Å²) in [6.45, 7) is 1.85. The van der Waals surface area contributed by atoms with Crippen LogP contribution in [0.25, 0.3) is 0 Å². The van der Waals surface area contributed by atoms with Crippen molar-refractivity contribution in [3.05, 3.63) is 0 Å². The maximum absolute atomic E-state index is 12.0. The predicted molar refractivity (Wildman–Crippen MR) is 93.1 cm³/mol. The molecular formula is C14H21N5O3S2. The summed E-state index contributed by atoms with van der Waals surface area (Å²) in [6, 6.07) is 0.239. The Labute approximate surface area is 149 Å². The van der Waals surface area contributed by atoms with Crippen LogP contribution < -0.4 is 10.2 Å². The monoisotopic (exact) mass is 371 g/mol. The zero-order valence-corrected chi connectivity index (χ0v) is 15.6. The van der Waals surface area contributed by atoms with Gasteiger partial charge < -0.3 is 10.2 Å². The highest BCUT2D eigenvalue weighted by molar-refractivity contribution is 8.01. The van der Waals surface area contributed by atoms with Crippen LogP contribution in [-0.2, 0) is 14.4 Å². The maximum atomic E-state index is 12.0. The Morgan fingerprint density at radius 1 is 1.29 bits per heavy atom. The lowest BCUT2D eigenvalue weighted by Crippen LogP contribution is -2.37. The summed E-state index contributed by atoms with van der Waals surface area (Å²) in [5.74, 6) is -0.157. The topological polar surface area (TPSA) is 95.5 Å². The van der Waals surface area contributed by atoms with Crippen LogP contribution in [0.4, 0.5) is 5.13 Å². The smallest absolute Gasteiger partial charge is 0.239 e. The zero-order chi connectivity index (χ0) is 17.7. The van der Waals surface area contributed by atoms with Crippen LogP contribution >= 0.6 is 23.1 Å². The molecule has 1 saturated carbocycles. The summed E-state index contributed by atoms with van der Waals surface area (Å²) >= 11 is 2.59. The summed E-state index contributed by atoms with van der Waals surface area (Å²) in [6.07, 6.45) is 2.43. The first kappa shape index (κ1) is 18.7. The molecule has 0 aromatic carbocycles. The first-order chi connectivity index (χ1) is 11.5. The van der Waals surface area contributed by atoms with Gasteiger partial charge in [-0.25, -0.2) is 0 Å². The maximum Gasteiger partial charge on any atom is 0.239 e. The molecule has 10 heteroatoms. The van der Waals surface area contributed by atoms with Gasteiger partial charge in [-0.3, -0.25) is 19.3 Å². The standard InChI is InChI=1S/C14H21N5O3S2/c1-4-11(21)19(9-5-6-9)13-16-17-14(24-13)23-8-12(22)18(3)7-10(20)15-2/h9H,4-8H2,1-3H3,(H,15,20). The average molecular weight is 371 g/mol.